The Morgan fingerprint density at radius 2 is 1.94 bits per heavy atom. The maximum absolute atomic E-state index is 13.6. The maximum Gasteiger partial charge on any atom is 0.416 e. The van der Waals surface area contributed by atoms with Crippen molar-refractivity contribution in [3.05, 3.63) is 70.6 Å². The number of amides is 1. The summed E-state index contributed by atoms with van der Waals surface area (Å²) < 4.78 is 46.1. The number of halogens is 4. The van der Waals surface area contributed by atoms with Gasteiger partial charge >= 0.3 is 6.18 Å². The van der Waals surface area contributed by atoms with Crippen molar-refractivity contribution >= 4 is 39.9 Å². The second kappa shape index (κ2) is 7.89. The van der Waals surface area contributed by atoms with Crippen molar-refractivity contribution in [3.63, 3.8) is 0 Å². The third-order valence-electron chi connectivity index (χ3n) is 5.71. The second-order valence-corrected chi connectivity index (χ2v) is 8.08. The molecule has 0 unspecified atom stereocenters. The summed E-state index contributed by atoms with van der Waals surface area (Å²) in [5.74, 6) is -0.0779. The third kappa shape index (κ3) is 3.75. The quantitative estimate of drug-likeness (QED) is 0.466. The van der Waals surface area contributed by atoms with Crippen molar-refractivity contribution in [3.8, 4) is 0 Å². The maximum atomic E-state index is 13.6. The van der Waals surface area contributed by atoms with Crippen molar-refractivity contribution in [2.24, 2.45) is 0 Å². The van der Waals surface area contributed by atoms with Gasteiger partial charge in [0, 0.05) is 6.54 Å². The van der Waals surface area contributed by atoms with Gasteiger partial charge in [0.2, 0.25) is 0 Å². The van der Waals surface area contributed by atoms with Crippen LogP contribution in [0.3, 0.4) is 0 Å². The van der Waals surface area contributed by atoms with Gasteiger partial charge in [-0.25, -0.2) is 9.97 Å². The average Bonchev–Trinajstić information content (AvgIpc) is 3.29. The van der Waals surface area contributed by atoms with E-state index in [4.69, 9.17) is 22.1 Å². The number of imidazole rings is 1. The number of morpholine rings is 1. The minimum absolute atomic E-state index is 0.159. The standard InChI is InChI=1S/C22H17ClF3N5O2/c23-15-8-16-17(31-11-28-9-18(31)20(27)29-16)7-14(15)21(32)30-5-6-33-10-19(30)12-1-3-13(4-2-12)22(24,25)26/h1-4,7-9,11,19H,5-6,10H2,(H2,27,29)/t19-/m1/s1. The van der Waals surface area contributed by atoms with Gasteiger partial charge in [-0.1, -0.05) is 23.7 Å². The fourth-order valence-corrected chi connectivity index (χ4v) is 4.27. The number of carbonyl (C=O) groups excluding carboxylic acids is 1. The number of nitrogen functional groups attached to an aromatic ring is 1. The summed E-state index contributed by atoms with van der Waals surface area (Å²) in [6.45, 7) is 0.726. The van der Waals surface area contributed by atoms with Gasteiger partial charge in [-0.05, 0) is 29.8 Å². The zero-order chi connectivity index (χ0) is 23.3. The molecule has 7 nitrogen and oxygen atoms in total. The molecule has 1 amide bonds. The van der Waals surface area contributed by atoms with E-state index in [2.05, 4.69) is 9.97 Å². The van der Waals surface area contributed by atoms with Crippen LogP contribution in [-0.2, 0) is 10.9 Å². The van der Waals surface area contributed by atoms with Gasteiger partial charge in [0.25, 0.3) is 5.91 Å². The molecule has 0 radical (unpaired) electrons. The van der Waals surface area contributed by atoms with Crippen LogP contribution in [0.15, 0.2) is 48.9 Å². The fourth-order valence-electron chi connectivity index (χ4n) is 4.03. The molecule has 170 valence electrons. The van der Waals surface area contributed by atoms with E-state index >= 15 is 0 Å². The Labute approximate surface area is 190 Å². The van der Waals surface area contributed by atoms with Crippen LogP contribution in [0.5, 0.6) is 0 Å². The lowest BCUT2D eigenvalue weighted by molar-refractivity contribution is -0.137. The summed E-state index contributed by atoms with van der Waals surface area (Å²) in [7, 11) is 0. The lowest BCUT2D eigenvalue weighted by Gasteiger charge is -2.36. The molecule has 1 aliphatic heterocycles. The minimum Gasteiger partial charge on any atom is -0.382 e. The number of anilines is 1. The normalized spacial score (nSPS) is 17.1. The first kappa shape index (κ1) is 21.5. The average molecular weight is 476 g/mol. The molecule has 5 rings (SSSR count). The number of rotatable bonds is 2. The minimum atomic E-state index is -4.44. The molecule has 0 bridgehead atoms. The first-order chi connectivity index (χ1) is 15.7. The zero-order valence-corrected chi connectivity index (χ0v) is 17.8. The van der Waals surface area contributed by atoms with Crippen LogP contribution in [0.4, 0.5) is 19.0 Å². The van der Waals surface area contributed by atoms with Gasteiger partial charge in [0.1, 0.15) is 11.3 Å². The summed E-state index contributed by atoms with van der Waals surface area (Å²) in [5.41, 5.74) is 7.70. The highest BCUT2D eigenvalue weighted by Crippen LogP contribution is 2.33. The van der Waals surface area contributed by atoms with Crippen LogP contribution >= 0.6 is 11.6 Å². The van der Waals surface area contributed by atoms with E-state index < -0.39 is 17.8 Å². The molecule has 1 atom stereocenters. The number of hydrogen-bond donors (Lipinski definition) is 1. The molecule has 2 N–H and O–H groups in total. The van der Waals surface area contributed by atoms with Crippen LogP contribution < -0.4 is 5.73 Å². The Hall–Kier alpha value is -3.37. The van der Waals surface area contributed by atoms with E-state index in [1.165, 1.54) is 12.1 Å². The largest absolute Gasteiger partial charge is 0.416 e. The van der Waals surface area contributed by atoms with Crippen molar-refractivity contribution < 1.29 is 22.7 Å². The molecule has 0 saturated carbocycles. The first-order valence-electron chi connectivity index (χ1n) is 10.0. The summed E-state index contributed by atoms with van der Waals surface area (Å²) in [6.07, 6.45) is -1.30. The predicted molar refractivity (Wildman–Crippen MR) is 116 cm³/mol. The van der Waals surface area contributed by atoms with Crippen LogP contribution in [0.1, 0.15) is 27.5 Å². The van der Waals surface area contributed by atoms with E-state index in [0.717, 1.165) is 12.1 Å². The highest BCUT2D eigenvalue weighted by molar-refractivity contribution is 6.34. The third-order valence-corrected chi connectivity index (χ3v) is 6.02. The molecular formula is C22H17ClF3N5O2. The number of ether oxygens (including phenoxy) is 1. The van der Waals surface area contributed by atoms with Gasteiger partial charge in [0.05, 0.1) is 59.0 Å². The number of nitrogens with two attached hydrogens (primary N) is 1. The van der Waals surface area contributed by atoms with Crippen molar-refractivity contribution in [1.29, 1.82) is 0 Å². The van der Waals surface area contributed by atoms with Gasteiger partial charge in [-0.15, -0.1) is 0 Å². The van der Waals surface area contributed by atoms with Gasteiger partial charge in [-0.2, -0.15) is 13.2 Å². The summed E-state index contributed by atoms with van der Waals surface area (Å²) in [5, 5.41) is 0.191. The van der Waals surface area contributed by atoms with E-state index in [9.17, 15) is 18.0 Å². The van der Waals surface area contributed by atoms with Gasteiger partial charge in [-0.3, -0.25) is 9.20 Å². The number of aromatic nitrogens is 3. The highest BCUT2D eigenvalue weighted by Gasteiger charge is 2.33. The summed E-state index contributed by atoms with van der Waals surface area (Å²) in [4.78, 5) is 23.5. The molecule has 1 aliphatic rings. The van der Waals surface area contributed by atoms with Crippen molar-refractivity contribution in [2.45, 2.75) is 12.2 Å². The lowest BCUT2D eigenvalue weighted by atomic mass is 10.0. The molecule has 1 saturated heterocycles. The second-order valence-electron chi connectivity index (χ2n) is 7.68. The fraction of sp³-hybridized carbons (Fsp3) is 0.227. The van der Waals surface area contributed by atoms with Crippen molar-refractivity contribution in [1.82, 2.24) is 19.3 Å². The topological polar surface area (TPSA) is 85.8 Å². The molecule has 0 aliphatic carbocycles. The van der Waals surface area contributed by atoms with Crippen molar-refractivity contribution in [2.75, 3.05) is 25.5 Å². The highest BCUT2D eigenvalue weighted by atomic mass is 35.5. The Bertz CT molecular complexity index is 1370. The van der Waals surface area contributed by atoms with Crippen LogP contribution in [0.2, 0.25) is 5.02 Å². The predicted octanol–water partition coefficient (Wildman–Crippen LogP) is 4.35. The summed E-state index contributed by atoms with van der Waals surface area (Å²) in [6, 6.07) is 7.37. The van der Waals surface area contributed by atoms with Crippen LogP contribution in [0.25, 0.3) is 16.6 Å². The molecule has 2 aromatic carbocycles. The Morgan fingerprint density at radius 1 is 1.18 bits per heavy atom. The number of carbonyl (C=O) groups is 1. The zero-order valence-electron chi connectivity index (χ0n) is 17.0. The molecule has 11 heteroatoms. The molecule has 33 heavy (non-hydrogen) atoms. The number of nitrogens with zero attached hydrogens (tertiary/aromatic N) is 4. The van der Waals surface area contributed by atoms with E-state index in [0.29, 0.717) is 28.7 Å². The smallest absolute Gasteiger partial charge is 0.382 e. The van der Waals surface area contributed by atoms with Gasteiger partial charge < -0.3 is 15.4 Å². The van der Waals surface area contributed by atoms with E-state index in [1.807, 2.05) is 0 Å². The Morgan fingerprint density at radius 3 is 2.67 bits per heavy atom. The van der Waals surface area contributed by atoms with E-state index in [1.54, 1.807) is 34.0 Å². The van der Waals surface area contributed by atoms with Crippen LogP contribution in [-0.4, -0.2) is 44.9 Å². The molecule has 4 aromatic rings. The Kier molecular flexibility index (Phi) is 5.13. The molecule has 2 aromatic heterocycles. The number of fused-ring (bicyclic) bond motifs is 3. The monoisotopic (exact) mass is 475 g/mol. The number of hydrogen-bond acceptors (Lipinski definition) is 5. The van der Waals surface area contributed by atoms with Gasteiger partial charge in [0.15, 0.2) is 0 Å². The summed E-state index contributed by atoms with van der Waals surface area (Å²) >= 11 is 6.45. The van der Waals surface area contributed by atoms with E-state index in [-0.39, 0.29) is 35.5 Å². The molecule has 1 fully saturated rings. The molecule has 0 spiro atoms. The lowest BCUT2D eigenvalue weighted by Crippen LogP contribution is -2.43. The molecular weight excluding hydrogens is 459 g/mol. The molecule has 3 heterocycles. The first-order valence-corrected chi connectivity index (χ1v) is 10.4. The van der Waals surface area contributed by atoms with Crippen LogP contribution in [0, 0.1) is 0 Å². The number of benzene rings is 2. The SMILES string of the molecule is Nc1nc2cc(Cl)c(C(=O)N3CCOC[C@@H]3c3ccc(C(F)(F)F)cc3)cc2n2cncc12. The number of alkyl halides is 3. The Balaban J connectivity index is 1.54.